The normalized spacial score (nSPS) is 24.8. The van der Waals surface area contributed by atoms with Crippen LogP contribution in [0.4, 0.5) is 5.82 Å². The van der Waals surface area contributed by atoms with E-state index in [-0.39, 0.29) is 0 Å². The second kappa shape index (κ2) is 4.98. The maximum atomic E-state index is 8.67. The molecule has 16 heavy (non-hydrogen) atoms. The second-order valence-corrected chi connectivity index (χ2v) is 4.66. The summed E-state index contributed by atoms with van der Waals surface area (Å²) in [5.74, 6) is 1.70. The number of aromatic nitrogens is 1. The third kappa shape index (κ3) is 2.73. The Labute approximate surface area is 96.5 Å². The zero-order valence-electron chi connectivity index (χ0n) is 9.61. The van der Waals surface area contributed by atoms with Gasteiger partial charge in [-0.3, -0.25) is 0 Å². The summed E-state index contributed by atoms with van der Waals surface area (Å²) in [6, 6.07) is 6.31. The first-order chi connectivity index (χ1) is 7.78. The van der Waals surface area contributed by atoms with E-state index in [1.54, 1.807) is 6.20 Å². The van der Waals surface area contributed by atoms with Crippen LogP contribution >= 0.6 is 0 Å². The second-order valence-electron chi connectivity index (χ2n) is 4.66. The molecule has 2 atom stereocenters. The SMILES string of the molecule is C[C@@H]1CCC[C@H](Nc2ccc(C#N)cn2)C1. The molecule has 3 nitrogen and oxygen atoms in total. The Morgan fingerprint density at radius 1 is 1.44 bits per heavy atom. The average molecular weight is 215 g/mol. The van der Waals surface area contributed by atoms with Gasteiger partial charge in [-0.05, 0) is 30.9 Å². The van der Waals surface area contributed by atoms with Gasteiger partial charge in [-0.25, -0.2) is 4.98 Å². The molecule has 1 aliphatic carbocycles. The number of pyridine rings is 1. The molecule has 1 fully saturated rings. The van der Waals surface area contributed by atoms with Gasteiger partial charge >= 0.3 is 0 Å². The molecule has 0 unspecified atom stereocenters. The van der Waals surface area contributed by atoms with Gasteiger partial charge in [-0.1, -0.05) is 19.8 Å². The third-order valence-electron chi connectivity index (χ3n) is 3.18. The molecule has 1 aromatic rings. The highest BCUT2D eigenvalue weighted by atomic mass is 15.0. The molecule has 1 saturated carbocycles. The third-order valence-corrected chi connectivity index (χ3v) is 3.18. The van der Waals surface area contributed by atoms with Gasteiger partial charge in [0.15, 0.2) is 0 Å². The summed E-state index contributed by atoms with van der Waals surface area (Å²) in [4.78, 5) is 4.24. The Morgan fingerprint density at radius 3 is 2.94 bits per heavy atom. The van der Waals surface area contributed by atoms with Crippen molar-refractivity contribution in [2.45, 2.75) is 38.6 Å². The first-order valence-corrected chi connectivity index (χ1v) is 5.90. The van der Waals surface area contributed by atoms with Crippen molar-refractivity contribution in [2.24, 2.45) is 5.92 Å². The summed E-state index contributed by atoms with van der Waals surface area (Å²) in [6.07, 6.45) is 6.72. The Kier molecular flexibility index (Phi) is 3.40. The van der Waals surface area contributed by atoms with E-state index in [1.165, 1.54) is 25.7 Å². The largest absolute Gasteiger partial charge is 0.367 e. The minimum Gasteiger partial charge on any atom is -0.367 e. The zero-order valence-corrected chi connectivity index (χ0v) is 9.61. The van der Waals surface area contributed by atoms with Crippen LogP contribution in [0.25, 0.3) is 0 Å². The summed E-state index contributed by atoms with van der Waals surface area (Å²) in [6.45, 7) is 2.31. The van der Waals surface area contributed by atoms with Crippen LogP contribution in [0.5, 0.6) is 0 Å². The minimum atomic E-state index is 0.546. The smallest absolute Gasteiger partial charge is 0.126 e. The Balaban J connectivity index is 1.95. The van der Waals surface area contributed by atoms with Crippen LogP contribution in [0.3, 0.4) is 0 Å². The lowest BCUT2D eigenvalue weighted by Gasteiger charge is -2.27. The lowest BCUT2D eigenvalue weighted by atomic mass is 9.87. The molecular formula is C13H17N3. The molecule has 84 valence electrons. The highest BCUT2D eigenvalue weighted by molar-refractivity contribution is 5.39. The molecule has 3 heteroatoms. The van der Waals surface area contributed by atoms with Crippen molar-refractivity contribution in [1.82, 2.24) is 4.98 Å². The minimum absolute atomic E-state index is 0.546. The number of hydrogen-bond acceptors (Lipinski definition) is 3. The molecule has 1 aromatic heterocycles. The summed E-state index contributed by atoms with van der Waals surface area (Å²) in [5.41, 5.74) is 0.613. The van der Waals surface area contributed by atoms with E-state index >= 15 is 0 Å². The summed E-state index contributed by atoms with van der Waals surface area (Å²) in [7, 11) is 0. The molecule has 0 saturated heterocycles. The molecule has 0 aromatic carbocycles. The Hall–Kier alpha value is -1.56. The first-order valence-electron chi connectivity index (χ1n) is 5.90. The molecule has 0 radical (unpaired) electrons. The van der Waals surface area contributed by atoms with Crippen LogP contribution in [0.1, 0.15) is 38.2 Å². The van der Waals surface area contributed by atoms with Crippen molar-refractivity contribution in [3.63, 3.8) is 0 Å². The number of nitriles is 1. The summed E-state index contributed by atoms with van der Waals surface area (Å²) >= 11 is 0. The number of nitrogens with one attached hydrogen (secondary N) is 1. The zero-order chi connectivity index (χ0) is 11.4. The highest BCUT2D eigenvalue weighted by Gasteiger charge is 2.18. The van der Waals surface area contributed by atoms with Crippen molar-refractivity contribution >= 4 is 5.82 Å². The van der Waals surface area contributed by atoms with Gasteiger partial charge in [-0.2, -0.15) is 5.26 Å². The van der Waals surface area contributed by atoms with E-state index in [0.29, 0.717) is 11.6 Å². The fourth-order valence-electron chi connectivity index (χ4n) is 2.32. The number of hydrogen-bond donors (Lipinski definition) is 1. The monoisotopic (exact) mass is 215 g/mol. The van der Waals surface area contributed by atoms with E-state index in [2.05, 4.69) is 23.3 Å². The lowest BCUT2D eigenvalue weighted by molar-refractivity contribution is 0.358. The molecule has 1 aliphatic rings. The lowest BCUT2D eigenvalue weighted by Crippen LogP contribution is -2.26. The van der Waals surface area contributed by atoms with Gasteiger partial charge in [-0.15, -0.1) is 0 Å². The number of anilines is 1. The maximum absolute atomic E-state index is 8.67. The van der Waals surface area contributed by atoms with E-state index in [0.717, 1.165) is 11.7 Å². The fourth-order valence-corrected chi connectivity index (χ4v) is 2.32. The van der Waals surface area contributed by atoms with Crippen LogP contribution in [0.2, 0.25) is 0 Å². The van der Waals surface area contributed by atoms with E-state index < -0.39 is 0 Å². The topological polar surface area (TPSA) is 48.7 Å². The highest BCUT2D eigenvalue weighted by Crippen LogP contribution is 2.25. The van der Waals surface area contributed by atoms with Crippen molar-refractivity contribution in [3.8, 4) is 6.07 Å². The van der Waals surface area contributed by atoms with Gasteiger partial charge in [0.1, 0.15) is 11.9 Å². The van der Waals surface area contributed by atoms with Gasteiger partial charge in [0, 0.05) is 12.2 Å². The summed E-state index contributed by atoms with van der Waals surface area (Å²) < 4.78 is 0. The molecule has 0 spiro atoms. The van der Waals surface area contributed by atoms with Crippen LogP contribution < -0.4 is 5.32 Å². The van der Waals surface area contributed by atoms with Crippen LogP contribution in [0, 0.1) is 17.2 Å². The maximum Gasteiger partial charge on any atom is 0.126 e. The van der Waals surface area contributed by atoms with Crippen LogP contribution in [0.15, 0.2) is 18.3 Å². The van der Waals surface area contributed by atoms with Gasteiger partial charge in [0.2, 0.25) is 0 Å². The standard InChI is InChI=1S/C13H17N3/c1-10-3-2-4-12(7-10)16-13-6-5-11(8-14)9-15-13/h5-6,9-10,12H,2-4,7H2,1H3,(H,15,16)/t10-,12+/m1/s1. The fraction of sp³-hybridized carbons (Fsp3) is 0.538. The molecule has 0 bridgehead atoms. The predicted molar refractivity (Wildman–Crippen MR) is 64.0 cm³/mol. The predicted octanol–water partition coefficient (Wildman–Crippen LogP) is 2.94. The molecule has 2 rings (SSSR count). The molecular weight excluding hydrogens is 198 g/mol. The Morgan fingerprint density at radius 2 is 2.31 bits per heavy atom. The quantitative estimate of drug-likeness (QED) is 0.825. The van der Waals surface area contributed by atoms with Crippen LogP contribution in [-0.4, -0.2) is 11.0 Å². The van der Waals surface area contributed by atoms with E-state index in [1.807, 2.05) is 12.1 Å². The molecule has 0 amide bonds. The van der Waals surface area contributed by atoms with Crippen molar-refractivity contribution in [1.29, 1.82) is 5.26 Å². The van der Waals surface area contributed by atoms with Crippen molar-refractivity contribution < 1.29 is 0 Å². The average Bonchev–Trinajstić information content (AvgIpc) is 2.30. The first kappa shape index (κ1) is 10.9. The van der Waals surface area contributed by atoms with E-state index in [9.17, 15) is 0 Å². The van der Waals surface area contributed by atoms with Gasteiger partial charge in [0.25, 0.3) is 0 Å². The van der Waals surface area contributed by atoms with Gasteiger partial charge < -0.3 is 5.32 Å². The van der Waals surface area contributed by atoms with Crippen LogP contribution in [-0.2, 0) is 0 Å². The van der Waals surface area contributed by atoms with Crippen molar-refractivity contribution in [2.75, 3.05) is 5.32 Å². The molecule has 0 aliphatic heterocycles. The molecule has 1 heterocycles. The van der Waals surface area contributed by atoms with Gasteiger partial charge in [0.05, 0.1) is 5.56 Å². The number of rotatable bonds is 2. The molecule has 1 N–H and O–H groups in total. The number of nitrogens with zero attached hydrogens (tertiary/aromatic N) is 2. The Bertz CT molecular complexity index is 377. The summed E-state index contributed by atoms with van der Waals surface area (Å²) in [5, 5.41) is 12.1. The van der Waals surface area contributed by atoms with Crippen molar-refractivity contribution in [3.05, 3.63) is 23.9 Å². The van der Waals surface area contributed by atoms with E-state index in [4.69, 9.17) is 5.26 Å².